The van der Waals surface area contributed by atoms with Crippen molar-refractivity contribution < 1.29 is 14.3 Å². The van der Waals surface area contributed by atoms with Crippen LogP contribution in [0.25, 0.3) is 0 Å². The van der Waals surface area contributed by atoms with Crippen molar-refractivity contribution >= 4 is 34.8 Å². The standard InChI is InChI=1S/C8H7O.3ClH.Cr.H2N/c1-7-4-2-3-5-8(7)6-9;;;;;/h2-5H,1H3;3*1H;;1H2/q;;;;+4;-1/p-3. The van der Waals surface area contributed by atoms with Gasteiger partial charge in [-0.1, -0.05) is 0 Å². The van der Waals surface area contributed by atoms with Crippen LogP contribution in [0.5, 0.6) is 0 Å². The number of carbonyl (C=O) groups excluding carboxylic acids is 1. The first-order chi connectivity index (χ1) is 6.18. The van der Waals surface area contributed by atoms with Gasteiger partial charge in [0.05, 0.1) is 0 Å². The van der Waals surface area contributed by atoms with E-state index < -0.39 is 14.1 Å². The van der Waals surface area contributed by atoms with E-state index >= 15 is 0 Å². The summed E-state index contributed by atoms with van der Waals surface area (Å²) in [6.07, 6.45) is 0. The van der Waals surface area contributed by atoms with Gasteiger partial charge < -0.3 is 0 Å². The summed E-state index contributed by atoms with van der Waals surface area (Å²) in [5.41, 5.74) is 1.14. The molecule has 1 aromatic rings. The molecule has 1 aromatic carbocycles. The van der Waals surface area contributed by atoms with Crippen molar-refractivity contribution in [1.82, 2.24) is 0 Å². The van der Waals surface area contributed by atoms with E-state index in [1.54, 1.807) is 31.2 Å². The van der Waals surface area contributed by atoms with E-state index in [2.05, 4.69) is 0 Å². The van der Waals surface area contributed by atoms with Crippen LogP contribution in [0.4, 0.5) is 0 Å². The van der Waals surface area contributed by atoms with Crippen LogP contribution in [0.2, 0.25) is 0 Å². The number of hydrogen-bond acceptors (Lipinski definition) is 2. The van der Waals surface area contributed by atoms with Gasteiger partial charge in [0.25, 0.3) is 0 Å². The second-order valence-corrected chi connectivity index (χ2v) is 15.8. The van der Waals surface area contributed by atoms with Crippen molar-refractivity contribution in [2.24, 2.45) is 4.72 Å². The summed E-state index contributed by atoms with van der Waals surface area (Å²) >= 11 is 0. The minimum absolute atomic E-state index is 0.384. The molecule has 0 spiro atoms. The molecule has 0 aliphatic carbocycles. The van der Waals surface area contributed by atoms with Gasteiger partial charge in [0, 0.05) is 0 Å². The maximum atomic E-state index is 11.8. The van der Waals surface area contributed by atoms with Crippen LogP contribution in [-0.4, -0.2) is 4.65 Å². The van der Waals surface area contributed by atoms with Crippen molar-refractivity contribution in [3.63, 3.8) is 0 Å². The molecule has 0 fully saturated rings. The molecule has 0 amide bonds. The maximum absolute atomic E-state index is 11.8. The topological polar surface area (TPSA) is 43.1 Å². The molecule has 0 heterocycles. The third-order valence-electron chi connectivity index (χ3n) is 1.68. The molecule has 2 N–H and O–H groups in total. The first kappa shape index (κ1) is 12.3. The molecule has 2 nitrogen and oxygen atoms in total. The molecule has 0 unspecified atom stereocenters. The Morgan fingerprint density at radius 2 is 1.79 bits per heavy atom. The first-order valence-corrected chi connectivity index (χ1v) is 10.3. The Hall–Kier alpha value is 0.252. The van der Waals surface area contributed by atoms with Gasteiger partial charge in [-0.05, 0) is 0 Å². The number of nitrogens with two attached hydrogens (primary N) is 1. The number of halogens is 3. The first-order valence-electron chi connectivity index (χ1n) is 3.68. The van der Waals surface area contributed by atoms with Crippen molar-refractivity contribution in [3.05, 3.63) is 35.4 Å². The van der Waals surface area contributed by atoms with Crippen LogP contribution in [0.15, 0.2) is 24.3 Å². The van der Waals surface area contributed by atoms with Crippen LogP contribution >= 0.6 is 30.1 Å². The zero-order valence-corrected chi connectivity index (χ0v) is 10.9. The van der Waals surface area contributed by atoms with Gasteiger partial charge in [0.2, 0.25) is 0 Å². The fourth-order valence-corrected chi connectivity index (χ4v) is 2.96. The van der Waals surface area contributed by atoms with Crippen LogP contribution in [-0.2, 0) is 9.46 Å². The van der Waals surface area contributed by atoms with Crippen molar-refractivity contribution in [1.29, 1.82) is 0 Å². The van der Waals surface area contributed by atoms with Gasteiger partial charge in [-0.3, -0.25) is 0 Å². The summed E-state index contributed by atoms with van der Waals surface area (Å²) in [5, 5.41) is 0. The number of aryl methyl sites for hydroxylation is 1. The second-order valence-electron chi connectivity index (χ2n) is 2.89. The third kappa shape index (κ3) is 2.87. The number of rotatable bonds is 2. The van der Waals surface area contributed by atoms with Crippen LogP contribution in [0, 0.1) is 6.92 Å². The minimum atomic E-state index is -4.62. The Kier molecular flexibility index (Phi) is 3.24. The van der Waals surface area contributed by atoms with Gasteiger partial charge in [0.1, 0.15) is 0 Å². The quantitative estimate of drug-likeness (QED) is 0.910. The number of benzene rings is 1. The van der Waals surface area contributed by atoms with E-state index in [1.165, 1.54) is 0 Å². The Labute approximate surface area is 95.7 Å². The van der Waals surface area contributed by atoms with Crippen LogP contribution in [0.1, 0.15) is 15.9 Å². The van der Waals surface area contributed by atoms with E-state index in [-0.39, 0.29) is 0 Å². The molecular formula is C8H9Cl3CrNO. The van der Waals surface area contributed by atoms with Crippen LogP contribution < -0.4 is 4.72 Å². The van der Waals surface area contributed by atoms with Gasteiger partial charge in [0.15, 0.2) is 0 Å². The predicted molar refractivity (Wildman–Crippen MR) is 57.3 cm³/mol. The van der Waals surface area contributed by atoms with Gasteiger partial charge in [-0.2, -0.15) is 0 Å². The van der Waals surface area contributed by atoms with E-state index in [4.69, 9.17) is 34.9 Å². The summed E-state index contributed by atoms with van der Waals surface area (Å²) < 4.78 is 4.87. The van der Waals surface area contributed by atoms with Gasteiger partial charge in [-0.25, -0.2) is 0 Å². The van der Waals surface area contributed by atoms with E-state index in [1.807, 2.05) is 0 Å². The van der Waals surface area contributed by atoms with E-state index in [0.29, 0.717) is 5.56 Å². The summed E-state index contributed by atoms with van der Waals surface area (Å²) in [6.45, 7) is 1.77. The summed E-state index contributed by atoms with van der Waals surface area (Å²) in [4.78, 5) is 11.8. The van der Waals surface area contributed by atoms with Gasteiger partial charge >= 0.3 is 96.1 Å². The Morgan fingerprint density at radius 1 is 1.29 bits per heavy atom. The normalized spacial score (nSPS) is 14.5. The SMILES string of the molecule is Cc1ccccc1[C](=O)[Cr]([NH2])([Cl])([Cl])[Cl]. The summed E-state index contributed by atoms with van der Waals surface area (Å²) in [5.74, 6) is 0. The zero-order valence-electron chi connectivity index (χ0n) is 7.34. The third-order valence-corrected chi connectivity index (χ3v) is 4.75. The second kappa shape index (κ2) is 3.68. The molecule has 6 heteroatoms. The molecule has 0 radical (unpaired) electrons. The summed E-state index contributed by atoms with van der Waals surface area (Å²) in [6, 6.07) is 6.89. The Morgan fingerprint density at radius 3 is 2.21 bits per heavy atom. The zero-order chi connectivity index (χ0) is 11.0. The average Bonchev–Trinajstić information content (AvgIpc) is 2.01. The molecule has 0 aliphatic heterocycles. The predicted octanol–water partition coefficient (Wildman–Crippen LogP) is 3.16. The van der Waals surface area contributed by atoms with Gasteiger partial charge in [-0.15, -0.1) is 0 Å². The molecule has 0 atom stereocenters. The van der Waals surface area contributed by atoms with E-state index in [0.717, 1.165) is 5.56 Å². The van der Waals surface area contributed by atoms with Crippen molar-refractivity contribution in [3.8, 4) is 0 Å². The molecular weight excluding hydrogens is 284 g/mol. The Bertz CT molecular complexity index is 376. The van der Waals surface area contributed by atoms with Crippen molar-refractivity contribution in [2.45, 2.75) is 6.92 Å². The monoisotopic (exact) mass is 292 g/mol. The van der Waals surface area contributed by atoms with Crippen molar-refractivity contribution in [2.75, 3.05) is 0 Å². The molecule has 79 valence electrons. The molecule has 1 rings (SSSR count). The molecule has 0 saturated heterocycles. The average molecular weight is 294 g/mol. The number of hydrogen-bond donors (Lipinski definition) is 1. The molecule has 0 bridgehead atoms. The fourth-order valence-electron chi connectivity index (χ4n) is 0.990. The van der Waals surface area contributed by atoms with Crippen LogP contribution in [0.3, 0.4) is 0 Å². The Balaban J connectivity index is 3.22. The summed E-state index contributed by atoms with van der Waals surface area (Å²) in [7, 11) is 12.4. The molecule has 0 aliphatic rings. The fraction of sp³-hybridized carbons (Fsp3) is 0.125. The molecule has 0 aromatic heterocycles. The number of carbonyl (C=O) groups is 1. The molecule has 0 saturated carbocycles. The van der Waals surface area contributed by atoms with E-state index in [9.17, 15) is 4.79 Å². The molecule has 14 heavy (non-hydrogen) atoms.